The van der Waals surface area contributed by atoms with Gasteiger partial charge < -0.3 is 14.8 Å². The van der Waals surface area contributed by atoms with Gasteiger partial charge in [0.1, 0.15) is 5.75 Å². The number of aromatic hydroxyl groups is 1. The summed E-state index contributed by atoms with van der Waals surface area (Å²) in [7, 11) is 4.26. The van der Waals surface area contributed by atoms with Crippen molar-refractivity contribution in [2.75, 3.05) is 20.7 Å². The molecule has 1 aromatic heterocycles. The Bertz CT molecular complexity index is 962. The number of hydrogen-bond acceptors (Lipinski definition) is 3. The van der Waals surface area contributed by atoms with Crippen LogP contribution in [0.1, 0.15) is 49.1 Å². The summed E-state index contributed by atoms with van der Waals surface area (Å²) in [6, 6.07) is 16.2. The summed E-state index contributed by atoms with van der Waals surface area (Å²) in [6.45, 7) is 2.99. The van der Waals surface area contributed by atoms with Crippen LogP contribution in [0.3, 0.4) is 0 Å². The lowest BCUT2D eigenvalue weighted by Crippen LogP contribution is -2.41. The average Bonchev–Trinajstić information content (AvgIpc) is 3.08. The Labute approximate surface area is 167 Å². The van der Waals surface area contributed by atoms with Crippen molar-refractivity contribution in [3.05, 3.63) is 65.4 Å². The van der Waals surface area contributed by atoms with E-state index in [1.807, 2.05) is 12.1 Å². The summed E-state index contributed by atoms with van der Waals surface area (Å²) >= 11 is 0. The van der Waals surface area contributed by atoms with Gasteiger partial charge in [-0.15, -0.1) is 0 Å². The van der Waals surface area contributed by atoms with Crippen LogP contribution in [0, 0.1) is 0 Å². The van der Waals surface area contributed by atoms with E-state index in [1.54, 1.807) is 6.07 Å². The third-order valence-electron chi connectivity index (χ3n) is 6.48. The molecule has 2 N–H and O–H groups in total. The number of rotatable bonds is 6. The van der Waals surface area contributed by atoms with Gasteiger partial charge in [-0.1, -0.05) is 37.3 Å². The van der Waals surface area contributed by atoms with E-state index in [4.69, 9.17) is 4.74 Å². The number of ether oxygens (including phenoxy) is 1. The summed E-state index contributed by atoms with van der Waals surface area (Å²) in [4.78, 5) is 5.91. The minimum absolute atomic E-state index is 0.0827. The number of phenolic OH excluding ortho intramolecular Hbond substituents is 1. The highest BCUT2D eigenvalue weighted by molar-refractivity contribution is 5.85. The van der Waals surface area contributed by atoms with E-state index in [2.05, 4.69) is 61.2 Å². The van der Waals surface area contributed by atoms with Crippen LogP contribution < -0.4 is 0 Å². The smallest absolute Gasteiger partial charge is 0.115 e. The fourth-order valence-corrected chi connectivity index (χ4v) is 4.87. The molecule has 4 rings (SSSR count). The van der Waals surface area contributed by atoms with Crippen LogP contribution in [0.5, 0.6) is 5.75 Å². The number of benzene rings is 2. The van der Waals surface area contributed by atoms with Crippen LogP contribution in [-0.2, 0) is 16.7 Å². The molecule has 0 fully saturated rings. The normalized spacial score (nSPS) is 18.9. The van der Waals surface area contributed by atoms with Crippen molar-refractivity contribution >= 4 is 10.9 Å². The van der Waals surface area contributed by atoms with Crippen LogP contribution in [0.2, 0.25) is 0 Å². The largest absolute Gasteiger partial charge is 0.508 e. The van der Waals surface area contributed by atoms with Crippen LogP contribution in [0.4, 0.5) is 0 Å². The molecule has 0 bridgehead atoms. The number of hydrogen-bond donors (Lipinski definition) is 2. The molecule has 2 heterocycles. The zero-order valence-corrected chi connectivity index (χ0v) is 17.0. The molecule has 4 nitrogen and oxygen atoms in total. The van der Waals surface area contributed by atoms with Crippen LogP contribution in [-0.4, -0.2) is 35.7 Å². The predicted octanol–water partition coefficient (Wildman–Crippen LogP) is 5.13. The van der Waals surface area contributed by atoms with Crippen LogP contribution in [0.15, 0.2) is 48.5 Å². The Balaban J connectivity index is 1.64. The maximum absolute atomic E-state index is 10.0. The maximum atomic E-state index is 10.0. The van der Waals surface area contributed by atoms with E-state index in [0.717, 1.165) is 37.9 Å². The third-order valence-corrected chi connectivity index (χ3v) is 6.48. The molecule has 28 heavy (non-hydrogen) atoms. The first-order valence-corrected chi connectivity index (χ1v) is 10.2. The number of aromatic amines is 1. The van der Waals surface area contributed by atoms with E-state index in [0.29, 0.717) is 5.75 Å². The molecule has 2 atom stereocenters. The highest BCUT2D eigenvalue weighted by atomic mass is 16.5. The van der Waals surface area contributed by atoms with Crippen molar-refractivity contribution in [2.45, 2.75) is 44.2 Å². The van der Waals surface area contributed by atoms with E-state index in [1.165, 1.54) is 22.2 Å². The second-order valence-corrected chi connectivity index (χ2v) is 8.04. The quantitative estimate of drug-likeness (QED) is 0.625. The first-order chi connectivity index (χ1) is 13.5. The van der Waals surface area contributed by atoms with Gasteiger partial charge in [-0.3, -0.25) is 4.90 Å². The van der Waals surface area contributed by atoms with E-state index in [9.17, 15) is 5.11 Å². The Morgan fingerprint density at radius 1 is 1.18 bits per heavy atom. The number of H-pyrrole nitrogens is 1. The lowest BCUT2D eigenvalue weighted by Gasteiger charge is -2.41. The fourth-order valence-electron chi connectivity index (χ4n) is 4.87. The molecule has 2 aromatic carbocycles. The zero-order chi connectivity index (χ0) is 19.7. The van der Waals surface area contributed by atoms with Gasteiger partial charge in [0.25, 0.3) is 0 Å². The van der Waals surface area contributed by atoms with Crippen LogP contribution in [0.25, 0.3) is 10.9 Å². The molecule has 1 aliphatic rings. The number of para-hydroxylation sites is 1. The maximum Gasteiger partial charge on any atom is 0.115 e. The standard InChI is InChI=1S/C24H30N2O2/c1-4-24(26(2)3,17-8-7-9-18(27)16-17)14-12-22-23-20(13-15-28-22)19-10-5-6-11-21(19)25-23/h5-11,16,22,25,27H,4,12-15H2,1-3H3. The van der Waals surface area contributed by atoms with Crippen molar-refractivity contribution in [3.8, 4) is 5.75 Å². The van der Waals surface area contributed by atoms with Gasteiger partial charge >= 0.3 is 0 Å². The molecule has 0 saturated carbocycles. The van der Waals surface area contributed by atoms with Crippen molar-refractivity contribution < 1.29 is 9.84 Å². The van der Waals surface area contributed by atoms with E-state index >= 15 is 0 Å². The molecule has 1 aliphatic heterocycles. The summed E-state index contributed by atoms with van der Waals surface area (Å²) < 4.78 is 6.21. The number of nitrogens with zero attached hydrogens (tertiary/aromatic N) is 1. The Kier molecular flexibility index (Phi) is 5.17. The first-order valence-electron chi connectivity index (χ1n) is 10.2. The van der Waals surface area contributed by atoms with E-state index < -0.39 is 0 Å². The number of phenols is 1. The highest BCUT2D eigenvalue weighted by Gasteiger charge is 2.35. The minimum atomic E-state index is -0.133. The third kappa shape index (κ3) is 3.21. The lowest BCUT2D eigenvalue weighted by molar-refractivity contribution is 0.0167. The predicted molar refractivity (Wildman–Crippen MR) is 114 cm³/mol. The molecule has 0 saturated heterocycles. The van der Waals surface area contributed by atoms with E-state index in [-0.39, 0.29) is 11.6 Å². The van der Waals surface area contributed by atoms with Gasteiger partial charge in [0.05, 0.1) is 12.7 Å². The Morgan fingerprint density at radius 2 is 2.00 bits per heavy atom. The molecule has 148 valence electrons. The molecule has 0 amide bonds. The number of fused-ring (bicyclic) bond motifs is 3. The molecule has 0 spiro atoms. The molecule has 4 heteroatoms. The monoisotopic (exact) mass is 378 g/mol. The second kappa shape index (κ2) is 7.61. The number of aromatic nitrogens is 1. The fraction of sp³-hybridized carbons (Fsp3) is 0.417. The topological polar surface area (TPSA) is 48.5 Å². The summed E-state index contributed by atoms with van der Waals surface area (Å²) in [5, 5.41) is 11.4. The van der Waals surface area contributed by atoms with Gasteiger partial charge in [-0.05, 0) is 69.1 Å². The van der Waals surface area contributed by atoms with Gasteiger partial charge in [0.2, 0.25) is 0 Å². The Morgan fingerprint density at radius 3 is 2.75 bits per heavy atom. The lowest BCUT2D eigenvalue weighted by atomic mass is 9.80. The second-order valence-electron chi connectivity index (χ2n) is 8.04. The molecule has 0 radical (unpaired) electrons. The molecule has 0 aliphatic carbocycles. The van der Waals surface area contributed by atoms with Gasteiger partial charge in [-0.25, -0.2) is 0 Å². The van der Waals surface area contributed by atoms with Gasteiger partial charge in [0.15, 0.2) is 0 Å². The molecule has 2 unspecified atom stereocenters. The summed E-state index contributed by atoms with van der Waals surface area (Å²) in [6.07, 6.45) is 3.91. The van der Waals surface area contributed by atoms with Crippen molar-refractivity contribution in [2.24, 2.45) is 0 Å². The van der Waals surface area contributed by atoms with Gasteiger partial charge in [0, 0.05) is 22.1 Å². The van der Waals surface area contributed by atoms with Crippen molar-refractivity contribution in [3.63, 3.8) is 0 Å². The minimum Gasteiger partial charge on any atom is -0.508 e. The zero-order valence-electron chi connectivity index (χ0n) is 17.0. The Hall–Kier alpha value is -2.30. The average molecular weight is 379 g/mol. The summed E-state index contributed by atoms with van der Waals surface area (Å²) in [5.74, 6) is 0.323. The van der Waals surface area contributed by atoms with Crippen molar-refractivity contribution in [1.82, 2.24) is 9.88 Å². The highest BCUT2D eigenvalue weighted by Crippen LogP contribution is 2.41. The van der Waals surface area contributed by atoms with Crippen LogP contribution >= 0.6 is 0 Å². The SMILES string of the molecule is CCC(CCC1OCCc2c1[nH]c1ccccc21)(c1cccc(O)c1)N(C)C. The molecule has 3 aromatic rings. The molecular weight excluding hydrogens is 348 g/mol. The number of nitrogens with one attached hydrogen (secondary N) is 1. The molecular formula is C24H30N2O2. The van der Waals surface area contributed by atoms with Gasteiger partial charge in [-0.2, -0.15) is 0 Å². The first kappa shape index (κ1) is 19.0. The van der Waals surface area contributed by atoms with Crippen molar-refractivity contribution in [1.29, 1.82) is 0 Å². The summed E-state index contributed by atoms with van der Waals surface area (Å²) in [5.41, 5.74) is 4.88.